The molecule has 17 heavy (non-hydrogen) atoms. The number of nitriles is 1. The second-order valence-electron chi connectivity index (χ2n) is 3.39. The van der Waals surface area contributed by atoms with E-state index in [1.54, 1.807) is 0 Å². The van der Waals surface area contributed by atoms with Crippen molar-refractivity contribution >= 4 is 15.9 Å². The van der Waals surface area contributed by atoms with Gasteiger partial charge in [-0.15, -0.1) is 0 Å². The van der Waals surface area contributed by atoms with E-state index in [0.29, 0.717) is 6.07 Å². The highest BCUT2D eigenvalue weighted by Gasteiger charge is 2.36. The zero-order chi connectivity index (χ0) is 12.8. The first-order valence-electron chi connectivity index (χ1n) is 4.34. The first kappa shape index (κ1) is 11.7. The Hall–Kier alpha value is -1.81. The summed E-state index contributed by atoms with van der Waals surface area (Å²) in [4.78, 5) is -0.413. The highest BCUT2D eigenvalue weighted by atomic mass is 32.2. The van der Waals surface area contributed by atoms with Crippen molar-refractivity contribution in [3.05, 3.63) is 34.2 Å². The van der Waals surface area contributed by atoms with Gasteiger partial charge in [-0.25, -0.2) is 8.42 Å². The van der Waals surface area contributed by atoms with Gasteiger partial charge in [0.15, 0.2) is 9.84 Å². The summed E-state index contributed by atoms with van der Waals surface area (Å²) in [5.41, 5.74) is -1.71. The van der Waals surface area contributed by atoms with Gasteiger partial charge in [0.1, 0.15) is 0 Å². The van der Waals surface area contributed by atoms with Crippen molar-refractivity contribution in [2.24, 2.45) is 0 Å². The maximum Gasteiger partial charge on any atom is 0.417 e. The Morgan fingerprint density at radius 1 is 1.24 bits per heavy atom. The lowest BCUT2D eigenvalue weighted by Crippen LogP contribution is -2.09. The third-order valence-electron chi connectivity index (χ3n) is 2.31. The van der Waals surface area contributed by atoms with E-state index in [4.69, 9.17) is 5.26 Å². The van der Waals surface area contributed by atoms with Crippen LogP contribution in [0.2, 0.25) is 0 Å². The molecule has 0 bridgehead atoms. The van der Waals surface area contributed by atoms with Gasteiger partial charge >= 0.3 is 6.18 Å². The fourth-order valence-corrected chi connectivity index (χ4v) is 2.75. The van der Waals surface area contributed by atoms with Crippen molar-refractivity contribution in [3.8, 4) is 6.07 Å². The van der Waals surface area contributed by atoms with Gasteiger partial charge in [-0.1, -0.05) is 0 Å². The molecule has 0 unspecified atom stereocenters. The summed E-state index contributed by atoms with van der Waals surface area (Å²) in [7, 11) is -3.80. The molecule has 1 heterocycles. The minimum Gasteiger partial charge on any atom is -0.219 e. The van der Waals surface area contributed by atoms with Gasteiger partial charge in [-0.05, 0) is 23.8 Å². The molecule has 0 amide bonds. The fraction of sp³-hybridized carbons (Fsp3) is 0.100. The first-order chi connectivity index (χ1) is 7.75. The molecule has 7 heteroatoms. The van der Waals surface area contributed by atoms with Crippen LogP contribution in [-0.4, -0.2) is 8.42 Å². The number of hydrogen-bond donors (Lipinski definition) is 0. The molecule has 1 aliphatic heterocycles. The summed E-state index contributed by atoms with van der Waals surface area (Å²) in [6, 6.07) is 2.84. The minimum absolute atomic E-state index is 0.106. The van der Waals surface area contributed by atoms with Gasteiger partial charge in [-0.2, -0.15) is 18.4 Å². The molecule has 2 rings (SSSR count). The van der Waals surface area contributed by atoms with Crippen LogP contribution in [0.1, 0.15) is 16.7 Å². The van der Waals surface area contributed by atoms with Crippen LogP contribution < -0.4 is 0 Å². The van der Waals surface area contributed by atoms with E-state index in [1.807, 2.05) is 0 Å². The zero-order valence-corrected chi connectivity index (χ0v) is 8.93. The summed E-state index contributed by atoms with van der Waals surface area (Å²) in [6.45, 7) is 0. The molecule has 0 aliphatic carbocycles. The highest BCUT2D eigenvalue weighted by Crippen LogP contribution is 2.37. The molecule has 88 valence electrons. The Kier molecular flexibility index (Phi) is 2.29. The SMILES string of the molecule is N#Cc1cc2c(cc1C(F)(F)F)S(=O)(=O)C=C2. The van der Waals surface area contributed by atoms with Crippen LogP contribution in [0, 0.1) is 11.3 Å². The summed E-state index contributed by atoms with van der Waals surface area (Å²) >= 11 is 0. The third kappa shape index (κ3) is 1.80. The number of alkyl halides is 3. The Balaban J connectivity index is 2.80. The summed E-state index contributed by atoms with van der Waals surface area (Å²) in [5.74, 6) is 0. The van der Waals surface area contributed by atoms with Gasteiger partial charge in [0, 0.05) is 5.41 Å². The minimum atomic E-state index is -4.75. The van der Waals surface area contributed by atoms with E-state index in [9.17, 15) is 21.6 Å². The summed E-state index contributed by atoms with van der Waals surface area (Å²) < 4.78 is 60.6. The second-order valence-corrected chi connectivity index (χ2v) is 5.19. The van der Waals surface area contributed by atoms with Gasteiger partial charge in [-0.3, -0.25) is 0 Å². The van der Waals surface area contributed by atoms with Crippen molar-refractivity contribution in [1.29, 1.82) is 5.26 Å². The van der Waals surface area contributed by atoms with Crippen LogP contribution in [0.5, 0.6) is 0 Å². The molecule has 0 atom stereocenters. The van der Waals surface area contributed by atoms with E-state index in [2.05, 4.69) is 0 Å². The Morgan fingerprint density at radius 3 is 2.41 bits per heavy atom. The van der Waals surface area contributed by atoms with E-state index in [0.717, 1.165) is 11.5 Å². The standard InChI is InChI=1S/C10H4F3NO2S/c11-10(12,13)8-4-9-6(3-7(8)5-14)1-2-17(9,15)16/h1-4H. The average Bonchev–Trinajstić information content (AvgIpc) is 2.51. The maximum absolute atomic E-state index is 12.6. The molecular formula is C10H4F3NO2S. The monoisotopic (exact) mass is 259 g/mol. The second kappa shape index (κ2) is 3.34. The number of rotatable bonds is 0. The first-order valence-corrected chi connectivity index (χ1v) is 5.89. The lowest BCUT2D eigenvalue weighted by atomic mass is 10.0. The smallest absolute Gasteiger partial charge is 0.219 e. The van der Waals surface area contributed by atoms with Crippen molar-refractivity contribution < 1.29 is 21.6 Å². The molecule has 0 saturated heterocycles. The van der Waals surface area contributed by atoms with Crippen molar-refractivity contribution in [3.63, 3.8) is 0 Å². The Morgan fingerprint density at radius 2 is 1.88 bits per heavy atom. The topological polar surface area (TPSA) is 57.9 Å². The van der Waals surface area contributed by atoms with Gasteiger partial charge < -0.3 is 0 Å². The molecule has 1 aromatic rings. The predicted octanol–water partition coefficient (Wildman–Crippen LogP) is 2.34. The van der Waals surface area contributed by atoms with Crippen LogP contribution in [0.3, 0.4) is 0 Å². The molecule has 0 aromatic heterocycles. The van der Waals surface area contributed by atoms with Crippen LogP contribution in [0.4, 0.5) is 13.2 Å². The normalized spacial score (nSPS) is 16.6. The molecule has 0 fully saturated rings. The number of fused-ring (bicyclic) bond motifs is 1. The fourth-order valence-electron chi connectivity index (χ4n) is 1.54. The van der Waals surface area contributed by atoms with E-state index in [-0.39, 0.29) is 5.56 Å². The average molecular weight is 259 g/mol. The van der Waals surface area contributed by atoms with E-state index >= 15 is 0 Å². The number of sulfone groups is 1. The number of hydrogen-bond acceptors (Lipinski definition) is 3. The predicted molar refractivity (Wildman–Crippen MR) is 52.4 cm³/mol. The summed E-state index contributed by atoms with van der Waals surface area (Å²) in [6.07, 6.45) is -3.58. The molecular weight excluding hydrogens is 255 g/mol. The van der Waals surface area contributed by atoms with E-state index < -0.39 is 32.0 Å². The molecule has 0 spiro atoms. The van der Waals surface area contributed by atoms with Crippen LogP contribution in [0.15, 0.2) is 22.4 Å². The number of halogens is 3. The molecule has 0 saturated carbocycles. The van der Waals surface area contributed by atoms with Crippen molar-refractivity contribution in [2.45, 2.75) is 11.1 Å². The number of benzene rings is 1. The maximum atomic E-state index is 12.6. The molecule has 1 aliphatic rings. The molecule has 0 N–H and O–H groups in total. The van der Waals surface area contributed by atoms with Gasteiger partial charge in [0.2, 0.25) is 0 Å². The van der Waals surface area contributed by atoms with Crippen LogP contribution in [0.25, 0.3) is 6.08 Å². The lowest BCUT2D eigenvalue weighted by molar-refractivity contribution is -0.137. The summed E-state index contributed by atoms with van der Waals surface area (Å²) in [5, 5.41) is 9.44. The lowest BCUT2D eigenvalue weighted by Gasteiger charge is -2.10. The van der Waals surface area contributed by atoms with E-state index in [1.165, 1.54) is 12.1 Å². The molecule has 1 aromatic carbocycles. The van der Waals surface area contributed by atoms with Crippen molar-refractivity contribution in [2.75, 3.05) is 0 Å². The van der Waals surface area contributed by atoms with Crippen molar-refractivity contribution in [1.82, 2.24) is 0 Å². The third-order valence-corrected chi connectivity index (χ3v) is 3.77. The van der Waals surface area contributed by atoms with Gasteiger partial charge in [0.25, 0.3) is 0 Å². The Labute approximate surface area is 94.7 Å². The van der Waals surface area contributed by atoms with Gasteiger partial charge in [0.05, 0.1) is 22.1 Å². The Bertz CT molecular complexity index is 666. The quantitative estimate of drug-likeness (QED) is 0.718. The van der Waals surface area contributed by atoms with Crippen LogP contribution >= 0.6 is 0 Å². The molecule has 0 radical (unpaired) electrons. The molecule has 3 nitrogen and oxygen atoms in total. The number of nitrogens with zero attached hydrogens (tertiary/aromatic N) is 1. The van der Waals surface area contributed by atoms with Crippen LogP contribution in [-0.2, 0) is 16.0 Å². The zero-order valence-electron chi connectivity index (χ0n) is 8.12. The largest absolute Gasteiger partial charge is 0.417 e. The highest BCUT2D eigenvalue weighted by molar-refractivity contribution is 7.94.